The molecule has 0 aromatic rings. The zero-order chi connectivity index (χ0) is 12.8. The van der Waals surface area contributed by atoms with E-state index in [1.54, 1.807) is 6.08 Å². The summed E-state index contributed by atoms with van der Waals surface area (Å²) in [4.78, 5) is 14.0. The SMILES string of the molecule is CN1C(=O)C2(CCCNC2)C1C1=CCC(F)C=C1. The molecule has 98 valence electrons. The molecule has 2 saturated heterocycles. The predicted octanol–water partition coefficient (Wildman–Crippen LogP) is 1.42. The molecule has 0 bridgehead atoms. The summed E-state index contributed by atoms with van der Waals surface area (Å²) in [7, 11) is 1.85. The van der Waals surface area contributed by atoms with Crippen LogP contribution in [0.3, 0.4) is 0 Å². The topological polar surface area (TPSA) is 32.3 Å². The second kappa shape index (κ2) is 4.19. The molecule has 3 aliphatic rings. The van der Waals surface area contributed by atoms with Gasteiger partial charge in [-0.25, -0.2) is 4.39 Å². The number of nitrogens with one attached hydrogen (secondary N) is 1. The third kappa shape index (κ3) is 1.55. The monoisotopic (exact) mass is 250 g/mol. The molecule has 1 amide bonds. The van der Waals surface area contributed by atoms with E-state index < -0.39 is 6.17 Å². The van der Waals surface area contributed by atoms with Gasteiger partial charge in [0.1, 0.15) is 6.17 Å². The molecule has 3 nitrogen and oxygen atoms in total. The lowest BCUT2D eigenvalue weighted by Crippen LogP contribution is -2.72. The van der Waals surface area contributed by atoms with E-state index in [4.69, 9.17) is 0 Å². The van der Waals surface area contributed by atoms with Gasteiger partial charge in [-0.15, -0.1) is 0 Å². The number of likely N-dealkylation sites (tertiary alicyclic amines) is 1. The van der Waals surface area contributed by atoms with Crippen molar-refractivity contribution in [3.8, 4) is 0 Å². The van der Waals surface area contributed by atoms with Gasteiger partial charge >= 0.3 is 0 Å². The number of piperidine rings is 1. The summed E-state index contributed by atoms with van der Waals surface area (Å²) in [5, 5.41) is 3.33. The van der Waals surface area contributed by atoms with Gasteiger partial charge in [0.2, 0.25) is 5.91 Å². The molecule has 0 radical (unpaired) electrons. The lowest BCUT2D eigenvalue weighted by molar-refractivity contribution is -0.167. The zero-order valence-corrected chi connectivity index (χ0v) is 10.7. The number of likely N-dealkylation sites (N-methyl/N-ethyl adjacent to an activating group) is 1. The number of amides is 1. The van der Waals surface area contributed by atoms with Crippen LogP contribution in [0.1, 0.15) is 19.3 Å². The summed E-state index contributed by atoms with van der Waals surface area (Å²) < 4.78 is 13.1. The molecule has 18 heavy (non-hydrogen) atoms. The van der Waals surface area contributed by atoms with Crippen molar-refractivity contribution in [2.45, 2.75) is 31.5 Å². The summed E-state index contributed by atoms with van der Waals surface area (Å²) in [6.45, 7) is 1.75. The first-order valence-electron chi connectivity index (χ1n) is 6.65. The van der Waals surface area contributed by atoms with Gasteiger partial charge < -0.3 is 10.2 Å². The fourth-order valence-electron chi connectivity index (χ4n) is 3.59. The Hall–Kier alpha value is -1.16. The van der Waals surface area contributed by atoms with Crippen molar-refractivity contribution < 1.29 is 9.18 Å². The predicted molar refractivity (Wildman–Crippen MR) is 67.8 cm³/mol. The number of carbonyl (C=O) groups is 1. The second-order valence-electron chi connectivity index (χ2n) is 5.57. The molecule has 3 rings (SSSR count). The van der Waals surface area contributed by atoms with Gasteiger partial charge in [0.15, 0.2) is 0 Å². The highest BCUT2D eigenvalue weighted by Gasteiger charge is 2.59. The molecule has 1 aliphatic carbocycles. The lowest BCUT2D eigenvalue weighted by Gasteiger charge is -2.57. The summed E-state index contributed by atoms with van der Waals surface area (Å²) >= 11 is 0. The maximum atomic E-state index is 13.1. The number of hydrogen-bond acceptors (Lipinski definition) is 2. The molecule has 0 aromatic heterocycles. The number of allylic oxidation sites excluding steroid dienone is 2. The molecule has 0 aromatic carbocycles. The van der Waals surface area contributed by atoms with Gasteiger partial charge in [-0.2, -0.15) is 0 Å². The van der Waals surface area contributed by atoms with Crippen LogP contribution in [0.4, 0.5) is 4.39 Å². The van der Waals surface area contributed by atoms with E-state index in [0.717, 1.165) is 31.5 Å². The van der Waals surface area contributed by atoms with Gasteiger partial charge in [-0.05, 0) is 25.0 Å². The largest absolute Gasteiger partial charge is 0.337 e. The van der Waals surface area contributed by atoms with Crippen LogP contribution < -0.4 is 5.32 Å². The van der Waals surface area contributed by atoms with Gasteiger partial charge in [0, 0.05) is 20.0 Å². The Morgan fingerprint density at radius 1 is 1.56 bits per heavy atom. The first kappa shape index (κ1) is 11.9. The molecule has 3 atom stereocenters. The average Bonchev–Trinajstić information content (AvgIpc) is 2.42. The van der Waals surface area contributed by atoms with Gasteiger partial charge in [0.25, 0.3) is 0 Å². The molecular weight excluding hydrogens is 231 g/mol. The fraction of sp³-hybridized carbons (Fsp3) is 0.643. The first-order chi connectivity index (χ1) is 8.65. The zero-order valence-electron chi connectivity index (χ0n) is 10.7. The smallest absolute Gasteiger partial charge is 0.232 e. The molecule has 2 fully saturated rings. The summed E-state index contributed by atoms with van der Waals surface area (Å²) in [5.74, 6) is 0.233. The molecule has 1 spiro atoms. The highest BCUT2D eigenvalue weighted by Crippen LogP contribution is 2.47. The van der Waals surface area contributed by atoms with Crippen molar-refractivity contribution in [1.29, 1.82) is 0 Å². The lowest BCUT2D eigenvalue weighted by atomic mass is 9.63. The van der Waals surface area contributed by atoms with Gasteiger partial charge in [-0.1, -0.05) is 18.2 Å². The van der Waals surface area contributed by atoms with E-state index in [9.17, 15) is 9.18 Å². The Labute approximate surface area is 107 Å². The van der Waals surface area contributed by atoms with Crippen molar-refractivity contribution >= 4 is 5.91 Å². The van der Waals surface area contributed by atoms with Crippen molar-refractivity contribution in [2.75, 3.05) is 20.1 Å². The van der Waals surface area contributed by atoms with E-state index in [1.807, 2.05) is 24.1 Å². The van der Waals surface area contributed by atoms with E-state index in [2.05, 4.69) is 5.32 Å². The normalized spacial score (nSPS) is 39.8. The number of hydrogen-bond donors (Lipinski definition) is 1. The molecule has 2 aliphatic heterocycles. The Bertz CT molecular complexity index is 424. The summed E-state index contributed by atoms with van der Waals surface area (Å²) in [6.07, 6.45) is 6.98. The maximum absolute atomic E-state index is 13.1. The quantitative estimate of drug-likeness (QED) is 0.714. The van der Waals surface area contributed by atoms with E-state index in [1.165, 1.54) is 0 Å². The van der Waals surface area contributed by atoms with Crippen LogP contribution >= 0.6 is 0 Å². The van der Waals surface area contributed by atoms with Gasteiger partial charge in [-0.3, -0.25) is 4.79 Å². The Morgan fingerprint density at radius 2 is 2.39 bits per heavy atom. The maximum Gasteiger partial charge on any atom is 0.232 e. The van der Waals surface area contributed by atoms with Crippen LogP contribution in [0.25, 0.3) is 0 Å². The van der Waals surface area contributed by atoms with E-state index >= 15 is 0 Å². The molecule has 1 N–H and O–H groups in total. The number of halogens is 1. The van der Waals surface area contributed by atoms with E-state index in [0.29, 0.717) is 6.42 Å². The molecule has 4 heteroatoms. The van der Waals surface area contributed by atoms with Crippen molar-refractivity contribution in [3.05, 3.63) is 23.8 Å². The summed E-state index contributed by atoms with van der Waals surface area (Å²) in [5.41, 5.74) is 0.835. The molecule has 0 saturated carbocycles. The number of β-lactam (4-membered cyclic amide) rings is 1. The van der Waals surface area contributed by atoms with Gasteiger partial charge in [0.05, 0.1) is 11.5 Å². The minimum atomic E-state index is -0.865. The van der Waals surface area contributed by atoms with Crippen LogP contribution in [0.5, 0.6) is 0 Å². The third-order valence-electron chi connectivity index (χ3n) is 4.47. The van der Waals surface area contributed by atoms with Crippen molar-refractivity contribution in [1.82, 2.24) is 10.2 Å². The Morgan fingerprint density at radius 3 is 3.00 bits per heavy atom. The minimum absolute atomic E-state index is 0.126. The standard InChI is InChI=1S/C14H19FN2O/c1-17-12(10-3-5-11(15)6-4-10)14(13(17)18)7-2-8-16-9-14/h3-5,11-12,16H,2,6-9H2,1H3. The average molecular weight is 250 g/mol. The van der Waals surface area contributed by atoms with Crippen LogP contribution in [0.15, 0.2) is 23.8 Å². The van der Waals surface area contributed by atoms with Crippen LogP contribution in [0, 0.1) is 5.41 Å². The van der Waals surface area contributed by atoms with Crippen LogP contribution in [-0.4, -0.2) is 43.2 Å². The Balaban J connectivity index is 1.86. The highest BCUT2D eigenvalue weighted by atomic mass is 19.1. The molecule has 2 heterocycles. The molecule has 3 unspecified atom stereocenters. The minimum Gasteiger partial charge on any atom is -0.337 e. The highest BCUT2D eigenvalue weighted by molar-refractivity contribution is 5.92. The number of alkyl halides is 1. The van der Waals surface area contributed by atoms with E-state index in [-0.39, 0.29) is 17.4 Å². The number of nitrogens with zero attached hydrogens (tertiary/aromatic N) is 1. The Kier molecular flexibility index (Phi) is 2.77. The first-order valence-corrected chi connectivity index (χ1v) is 6.65. The van der Waals surface area contributed by atoms with Crippen molar-refractivity contribution in [3.63, 3.8) is 0 Å². The fourth-order valence-corrected chi connectivity index (χ4v) is 3.59. The van der Waals surface area contributed by atoms with Crippen molar-refractivity contribution in [2.24, 2.45) is 5.41 Å². The number of carbonyl (C=O) groups excluding carboxylic acids is 1. The summed E-state index contributed by atoms with van der Waals surface area (Å²) in [6, 6.07) is 0.126. The second-order valence-corrected chi connectivity index (χ2v) is 5.57. The van der Waals surface area contributed by atoms with Crippen LogP contribution in [-0.2, 0) is 4.79 Å². The number of rotatable bonds is 1. The van der Waals surface area contributed by atoms with Crippen LogP contribution in [0.2, 0.25) is 0 Å². The third-order valence-corrected chi connectivity index (χ3v) is 4.47. The molecular formula is C14H19FN2O.